The average molecular weight is 392 g/mol. The normalized spacial score (nSPS) is 40.8. The molecule has 29 heavy (non-hydrogen) atoms. The van der Waals surface area contributed by atoms with E-state index in [1.165, 1.54) is 43.7 Å². The van der Waals surface area contributed by atoms with Crippen molar-refractivity contribution in [3.63, 3.8) is 0 Å². The highest BCUT2D eigenvalue weighted by atomic mass is 16.5. The van der Waals surface area contributed by atoms with Crippen LogP contribution in [0.4, 0.5) is 0 Å². The van der Waals surface area contributed by atoms with Crippen molar-refractivity contribution in [1.29, 1.82) is 0 Å². The van der Waals surface area contributed by atoms with Gasteiger partial charge in [-0.1, -0.05) is 37.6 Å². The number of nitrogens with zero attached hydrogens (tertiary/aromatic N) is 1. The molecule has 1 unspecified atom stereocenters. The molecule has 0 bridgehead atoms. The van der Waals surface area contributed by atoms with Crippen molar-refractivity contribution in [1.82, 2.24) is 4.98 Å². The van der Waals surface area contributed by atoms with E-state index in [0.29, 0.717) is 0 Å². The number of esters is 1. The SMILES string of the molecule is CC(=O)O[C@H]1CC[C@@]2(C)C(=CCC3[C@@H]2CC[C@]2(C)C(c4cccnc4)=CC[C@@H]32)C1. The summed E-state index contributed by atoms with van der Waals surface area (Å²) < 4.78 is 5.58. The predicted molar refractivity (Wildman–Crippen MR) is 115 cm³/mol. The molecular formula is C26H33NO2. The molecule has 0 aliphatic heterocycles. The monoisotopic (exact) mass is 391 g/mol. The standard InChI is InChI=1S/C26H33NO2/c1-17(28)29-20-10-12-25(2)19(15-20)6-7-21-23-9-8-22(18-5-4-14-27-16-18)26(23,3)13-11-24(21)25/h4-6,8,14,16,20-21,23-24H,7,9-13,15H2,1-3H3/t20-,21?,23-,24-,25-,26+/m0/s1. The minimum absolute atomic E-state index is 0.0857. The summed E-state index contributed by atoms with van der Waals surface area (Å²) in [7, 11) is 0. The van der Waals surface area contributed by atoms with Crippen molar-refractivity contribution >= 4 is 11.5 Å². The number of ether oxygens (including phenoxy) is 1. The molecule has 4 aliphatic rings. The Morgan fingerprint density at radius 3 is 2.69 bits per heavy atom. The van der Waals surface area contributed by atoms with Crippen molar-refractivity contribution < 1.29 is 9.53 Å². The van der Waals surface area contributed by atoms with Gasteiger partial charge in [0, 0.05) is 25.7 Å². The Hall–Kier alpha value is -1.90. The number of aromatic nitrogens is 1. The zero-order chi connectivity index (χ0) is 20.2. The van der Waals surface area contributed by atoms with Crippen LogP contribution in [0.5, 0.6) is 0 Å². The summed E-state index contributed by atoms with van der Waals surface area (Å²) in [6.45, 7) is 6.56. The molecule has 2 fully saturated rings. The Balaban J connectivity index is 1.41. The Bertz CT molecular complexity index is 872. The number of rotatable bonds is 2. The maximum atomic E-state index is 11.4. The van der Waals surface area contributed by atoms with Gasteiger partial charge in [0.2, 0.25) is 0 Å². The van der Waals surface area contributed by atoms with E-state index < -0.39 is 0 Å². The van der Waals surface area contributed by atoms with Crippen molar-refractivity contribution in [3.05, 3.63) is 47.8 Å². The van der Waals surface area contributed by atoms with Crippen LogP contribution in [0.3, 0.4) is 0 Å². The first-order valence-corrected chi connectivity index (χ1v) is 11.4. The molecule has 0 N–H and O–H groups in total. The van der Waals surface area contributed by atoms with E-state index in [1.54, 1.807) is 5.57 Å². The summed E-state index contributed by atoms with van der Waals surface area (Å²) in [6, 6.07) is 4.30. The maximum Gasteiger partial charge on any atom is 0.302 e. The molecule has 0 radical (unpaired) electrons. The third-order valence-corrected chi connectivity index (χ3v) is 8.94. The van der Waals surface area contributed by atoms with Gasteiger partial charge >= 0.3 is 5.97 Å². The average Bonchev–Trinajstić information content (AvgIpc) is 3.06. The van der Waals surface area contributed by atoms with E-state index in [4.69, 9.17) is 4.74 Å². The topological polar surface area (TPSA) is 39.2 Å². The van der Waals surface area contributed by atoms with Gasteiger partial charge in [-0.05, 0) is 84.3 Å². The van der Waals surface area contributed by atoms with Gasteiger partial charge in [-0.2, -0.15) is 0 Å². The molecule has 0 saturated heterocycles. The van der Waals surface area contributed by atoms with Crippen LogP contribution in [0.1, 0.15) is 71.3 Å². The van der Waals surface area contributed by atoms with Crippen LogP contribution in [0.25, 0.3) is 5.57 Å². The Morgan fingerprint density at radius 2 is 1.93 bits per heavy atom. The van der Waals surface area contributed by atoms with Gasteiger partial charge in [-0.25, -0.2) is 0 Å². The van der Waals surface area contributed by atoms with Gasteiger partial charge in [0.15, 0.2) is 0 Å². The van der Waals surface area contributed by atoms with Crippen LogP contribution in [0.15, 0.2) is 42.3 Å². The summed E-state index contributed by atoms with van der Waals surface area (Å²) in [6.07, 6.45) is 17.1. The van der Waals surface area contributed by atoms with Gasteiger partial charge in [-0.15, -0.1) is 0 Å². The highest BCUT2D eigenvalue weighted by Crippen LogP contribution is 2.66. The van der Waals surface area contributed by atoms with Crippen LogP contribution in [-0.2, 0) is 9.53 Å². The van der Waals surface area contributed by atoms with Crippen LogP contribution in [-0.4, -0.2) is 17.1 Å². The van der Waals surface area contributed by atoms with E-state index in [2.05, 4.69) is 43.1 Å². The molecular weight excluding hydrogens is 358 g/mol. The van der Waals surface area contributed by atoms with Crippen molar-refractivity contribution in [2.24, 2.45) is 28.6 Å². The molecule has 2 saturated carbocycles. The molecule has 4 aliphatic carbocycles. The predicted octanol–water partition coefficient (Wildman–Crippen LogP) is 5.97. The first kappa shape index (κ1) is 19.1. The number of allylic oxidation sites excluding steroid dienone is 3. The fraction of sp³-hybridized carbons (Fsp3) is 0.615. The lowest BCUT2D eigenvalue weighted by molar-refractivity contribution is -0.148. The quantitative estimate of drug-likeness (QED) is 0.460. The van der Waals surface area contributed by atoms with E-state index >= 15 is 0 Å². The van der Waals surface area contributed by atoms with E-state index in [9.17, 15) is 4.79 Å². The molecule has 3 nitrogen and oxygen atoms in total. The van der Waals surface area contributed by atoms with Crippen LogP contribution >= 0.6 is 0 Å². The first-order chi connectivity index (χ1) is 13.9. The molecule has 0 aromatic carbocycles. The second-order valence-corrected chi connectivity index (χ2v) is 10.3. The molecule has 1 heterocycles. The zero-order valence-corrected chi connectivity index (χ0v) is 18.0. The second kappa shape index (κ2) is 6.82. The van der Waals surface area contributed by atoms with Crippen LogP contribution < -0.4 is 0 Å². The molecule has 154 valence electrons. The number of pyridine rings is 1. The first-order valence-electron chi connectivity index (χ1n) is 11.4. The molecule has 1 aromatic heterocycles. The smallest absolute Gasteiger partial charge is 0.302 e. The van der Waals surface area contributed by atoms with E-state index in [-0.39, 0.29) is 22.9 Å². The van der Waals surface area contributed by atoms with Crippen LogP contribution in [0.2, 0.25) is 0 Å². The highest BCUT2D eigenvalue weighted by molar-refractivity contribution is 5.72. The Morgan fingerprint density at radius 1 is 1.10 bits per heavy atom. The highest BCUT2D eigenvalue weighted by Gasteiger charge is 2.56. The van der Waals surface area contributed by atoms with Gasteiger partial charge < -0.3 is 4.74 Å². The maximum absolute atomic E-state index is 11.4. The number of fused-ring (bicyclic) bond motifs is 5. The molecule has 0 spiro atoms. The Labute approximate surface area is 174 Å². The number of hydrogen-bond acceptors (Lipinski definition) is 3. The Kier molecular flexibility index (Phi) is 4.49. The third-order valence-electron chi connectivity index (χ3n) is 8.94. The van der Waals surface area contributed by atoms with Gasteiger partial charge in [0.25, 0.3) is 0 Å². The molecule has 5 rings (SSSR count). The van der Waals surface area contributed by atoms with Crippen molar-refractivity contribution in [3.8, 4) is 0 Å². The number of hydrogen-bond donors (Lipinski definition) is 0. The van der Waals surface area contributed by atoms with Crippen molar-refractivity contribution in [2.45, 2.75) is 71.8 Å². The van der Waals surface area contributed by atoms with Gasteiger partial charge in [0.1, 0.15) is 6.10 Å². The lowest BCUT2D eigenvalue weighted by Crippen LogP contribution is -2.50. The lowest BCUT2D eigenvalue weighted by Gasteiger charge is -2.57. The fourth-order valence-corrected chi connectivity index (χ4v) is 7.50. The van der Waals surface area contributed by atoms with Crippen LogP contribution in [0, 0.1) is 28.6 Å². The molecule has 0 amide bonds. The minimum atomic E-state index is -0.138. The largest absolute Gasteiger partial charge is 0.462 e. The lowest BCUT2D eigenvalue weighted by atomic mass is 9.47. The molecule has 1 aromatic rings. The third kappa shape index (κ3) is 2.92. The number of carbonyl (C=O) groups excluding carboxylic acids is 1. The van der Waals surface area contributed by atoms with Gasteiger partial charge in [0.05, 0.1) is 0 Å². The second-order valence-electron chi connectivity index (χ2n) is 10.3. The summed E-state index contributed by atoms with van der Waals surface area (Å²) in [5, 5.41) is 0. The summed E-state index contributed by atoms with van der Waals surface area (Å²) in [5.74, 6) is 2.12. The van der Waals surface area contributed by atoms with E-state index in [1.807, 2.05) is 12.4 Å². The summed E-state index contributed by atoms with van der Waals surface area (Å²) in [4.78, 5) is 15.8. The fourth-order valence-electron chi connectivity index (χ4n) is 7.50. The summed E-state index contributed by atoms with van der Waals surface area (Å²) in [5.41, 5.74) is 4.99. The minimum Gasteiger partial charge on any atom is -0.462 e. The molecule has 3 heteroatoms. The van der Waals surface area contributed by atoms with Crippen molar-refractivity contribution in [2.75, 3.05) is 0 Å². The molecule has 6 atom stereocenters. The summed E-state index contributed by atoms with van der Waals surface area (Å²) >= 11 is 0. The number of carbonyl (C=O) groups is 1. The van der Waals surface area contributed by atoms with E-state index in [0.717, 1.165) is 37.0 Å². The zero-order valence-electron chi connectivity index (χ0n) is 18.0. The van der Waals surface area contributed by atoms with Gasteiger partial charge in [-0.3, -0.25) is 9.78 Å².